The molecule has 2 aromatic rings. The van der Waals surface area contributed by atoms with Crippen LogP contribution in [-0.4, -0.2) is 21.9 Å². The molecular weight excluding hydrogens is 324 g/mol. The van der Waals surface area contributed by atoms with E-state index in [-0.39, 0.29) is 6.54 Å². The van der Waals surface area contributed by atoms with Crippen LogP contribution in [0.15, 0.2) is 60.0 Å². The van der Waals surface area contributed by atoms with Crippen LogP contribution in [0.4, 0.5) is 11.4 Å². The third-order valence-corrected chi connectivity index (χ3v) is 3.39. The number of hydrogen-bond acceptors (Lipinski definition) is 5. The Kier molecular flexibility index (Phi) is 5.43. The van der Waals surface area contributed by atoms with E-state index in [0.29, 0.717) is 5.69 Å². The Hall–Kier alpha value is -3.73. The summed E-state index contributed by atoms with van der Waals surface area (Å²) in [6.45, 7) is 3.38. The molecule has 1 aromatic carbocycles. The summed E-state index contributed by atoms with van der Waals surface area (Å²) in [5.74, 6) is -0.461. The standard InChI is InChI=1S/C17H14N4O4/c1-2-8-20(14-6-4-3-5-7-14)16(22)12-19-11-15(21(24)25)9-13(10-18)17(19)23/h2-7,9,11H,1,8,12H2. The molecule has 1 heterocycles. The maximum Gasteiger partial charge on any atom is 0.287 e. The molecule has 0 aliphatic carbocycles. The Morgan fingerprint density at radius 2 is 2.08 bits per heavy atom. The van der Waals surface area contributed by atoms with E-state index in [1.807, 2.05) is 0 Å². The van der Waals surface area contributed by atoms with Gasteiger partial charge in [-0.1, -0.05) is 24.3 Å². The van der Waals surface area contributed by atoms with Crippen LogP contribution in [0, 0.1) is 21.4 Å². The zero-order valence-electron chi connectivity index (χ0n) is 13.2. The second-order valence-electron chi connectivity index (χ2n) is 5.04. The molecule has 25 heavy (non-hydrogen) atoms. The fourth-order valence-corrected chi connectivity index (χ4v) is 2.24. The van der Waals surface area contributed by atoms with Crippen LogP contribution in [-0.2, 0) is 11.3 Å². The molecule has 126 valence electrons. The molecule has 0 bridgehead atoms. The van der Waals surface area contributed by atoms with Crippen LogP contribution in [0.2, 0.25) is 0 Å². The summed E-state index contributed by atoms with van der Waals surface area (Å²) >= 11 is 0. The molecule has 0 fully saturated rings. The highest BCUT2D eigenvalue weighted by Gasteiger charge is 2.19. The van der Waals surface area contributed by atoms with E-state index < -0.39 is 34.2 Å². The number of nitriles is 1. The molecule has 0 saturated heterocycles. The second-order valence-corrected chi connectivity index (χ2v) is 5.04. The molecule has 8 nitrogen and oxygen atoms in total. The molecule has 1 amide bonds. The zero-order valence-corrected chi connectivity index (χ0v) is 13.2. The van der Waals surface area contributed by atoms with E-state index in [1.165, 1.54) is 11.0 Å². The highest BCUT2D eigenvalue weighted by atomic mass is 16.6. The molecule has 2 rings (SSSR count). The maximum atomic E-state index is 12.6. The number of pyridine rings is 1. The predicted molar refractivity (Wildman–Crippen MR) is 91.1 cm³/mol. The number of benzene rings is 1. The molecule has 0 aliphatic heterocycles. The summed E-state index contributed by atoms with van der Waals surface area (Å²) in [7, 11) is 0. The summed E-state index contributed by atoms with van der Waals surface area (Å²) in [6.07, 6.45) is 2.49. The SMILES string of the molecule is C=CCN(C(=O)Cn1cc([N+](=O)[O-])cc(C#N)c1=O)c1ccccc1. The maximum absolute atomic E-state index is 12.6. The predicted octanol–water partition coefficient (Wildman–Crippen LogP) is 1.85. The lowest BCUT2D eigenvalue weighted by Crippen LogP contribution is -2.37. The first-order valence-electron chi connectivity index (χ1n) is 7.23. The highest BCUT2D eigenvalue weighted by Crippen LogP contribution is 2.15. The average Bonchev–Trinajstić information content (AvgIpc) is 2.61. The summed E-state index contributed by atoms with van der Waals surface area (Å²) in [5, 5.41) is 19.9. The van der Waals surface area contributed by atoms with E-state index in [2.05, 4.69) is 6.58 Å². The van der Waals surface area contributed by atoms with E-state index in [1.54, 1.807) is 36.4 Å². The number of nitro groups is 1. The van der Waals surface area contributed by atoms with Crippen LogP contribution >= 0.6 is 0 Å². The summed E-state index contributed by atoms with van der Waals surface area (Å²) in [6, 6.07) is 11.3. The number of carbonyl (C=O) groups is 1. The Labute approximate surface area is 143 Å². The molecule has 0 aliphatic rings. The van der Waals surface area contributed by atoms with Crippen LogP contribution in [0.5, 0.6) is 0 Å². The first-order valence-corrected chi connectivity index (χ1v) is 7.23. The normalized spacial score (nSPS) is 9.88. The fraction of sp³-hybridized carbons (Fsp3) is 0.118. The van der Waals surface area contributed by atoms with Crippen molar-refractivity contribution in [2.75, 3.05) is 11.4 Å². The van der Waals surface area contributed by atoms with Crippen LogP contribution in [0.25, 0.3) is 0 Å². The van der Waals surface area contributed by atoms with Gasteiger partial charge < -0.3 is 4.90 Å². The number of carbonyl (C=O) groups excluding carboxylic acids is 1. The Balaban J connectivity index is 2.40. The fourth-order valence-electron chi connectivity index (χ4n) is 2.24. The minimum Gasteiger partial charge on any atom is -0.307 e. The molecule has 1 aromatic heterocycles. The molecule has 0 N–H and O–H groups in total. The van der Waals surface area contributed by atoms with E-state index in [0.717, 1.165) is 16.8 Å². The van der Waals surface area contributed by atoms with Gasteiger partial charge in [-0.2, -0.15) is 5.26 Å². The lowest BCUT2D eigenvalue weighted by molar-refractivity contribution is -0.385. The van der Waals surface area contributed by atoms with Crippen molar-refractivity contribution in [1.82, 2.24) is 4.57 Å². The largest absolute Gasteiger partial charge is 0.307 e. The minimum atomic E-state index is -0.756. The molecule has 0 spiro atoms. The van der Waals surface area contributed by atoms with Gasteiger partial charge in [-0.3, -0.25) is 24.3 Å². The summed E-state index contributed by atoms with van der Waals surface area (Å²) in [5.41, 5.74) is -0.977. The third-order valence-electron chi connectivity index (χ3n) is 3.39. The lowest BCUT2D eigenvalue weighted by Gasteiger charge is -2.21. The summed E-state index contributed by atoms with van der Waals surface area (Å²) < 4.78 is 0.873. The smallest absolute Gasteiger partial charge is 0.287 e. The van der Waals surface area contributed by atoms with Crippen molar-refractivity contribution in [3.05, 3.63) is 81.3 Å². The van der Waals surface area contributed by atoms with Crippen molar-refractivity contribution in [2.24, 2.45) is 0 Å². The third kappa shape index (κ3) is 3.97. The monoisotopic (exact) mass is 338 g/mol. The van der Waals surface area contributed by atoms with Crippen molar-refractivity contribution in [3.8, 4) is 6.07 Å². The molecule has 0 saturated carbocycles. The summed E-state index contributed by atoms with van der Waals surface area (Å²) in [4.78, 5) is 36.4. The van der Waals surface area contributed by atoms with Crippen molar-refractivity contribution in [2.45, 2.75) is 6.54 Å². The van der Waals surface area contributed by atoms with Crippen molar-refractivity contribution in [1.29, 1.82) is 5.26 Å². The topological polar surface area (TPSA) is 109 Å². The van der Waals surface area contributed by atoms with E-state index in [4.69, 9.17) is 5.26 Å². The van der Waals surface area contributed by atoms with Gasteiger partial charge in [0.1, 0.15) is 18.2 Å². The minimum absolute atomic E-state index is 0.206. The molecule has 8 heteroatoms. The van der Waals surface area contributed by atoms with Crippen LogP contribution < -0.4 is 10.5 Å². The van der Waals surface area contributed by atoms with E-state index >= 15 is 0 Å². The van der Waals surface area contributed by atoms with Crippen LogP contribution in [0.1, 0.15) is 5.56 Å². The quantitative estimate of drug-likeness (QED) is 0.453. The van der Waals surface area contributed by atoms with Gasteiger partial charge in [0.05, 0.1) is 11.1 Å². The van der Waals surface area contributed by atoms with Crippen LogP contribution in [0.3, 0.4) is 0 Å². The molecular formula is C17H14N4O4. The average molecular weight is 338 g/mol. The van der Waals surface area contributed by atoms with Crippen molar-refractivity contribution >= 4 is 17.3 Å². The Morgan fingerprint density at radius 1 is 1.40 bits per heavy atom. The second kappa shape index (κ2) is 7.70. The highest BCUT2D eigenvalue weighted by molar-refractivity contribution is 5.93. The number of anilines is 1. The first-order chi connectivity index (χ1) is 12.0. The first kappa shape index (κ1) is 17.6. The lowest BCUT2D eigenvalue weighted by atomic mass is 10.2. The zero-order chi connectivity index (χ0) is 18.4. The molecule has 0 unspecified atom stereocenters. The van der Waals surface area contributed by atoms with Gasteiger partial charge in [-0.25, -0.2) is 0 Å². The van der Waals surface area contributed by atoms with Gasteiger partial charge in [0.15, 0.2) is 0 Å². The van der Waals surface area contributed by atoms with Gasteiger partial charge in [0.2, 0.25) is 5.91 Å². The number of hydrogen-bond donors (Lipinski definition) is 0. The van der Waals surface area contributed by atoms with Gasteiger partial charge in [-0.05, 0) is 12.1 Å². The van der Waals surface area contributed by atoms with Crippen molar-refractivity contribution in [3.63, 3.8) is 0 Å². The molecule has 0 atom stereocenters. The van der Waals surface area contributed by atoms with Gasteiger partial charge in [0, 0.05) is 18.3 Å². The van der Waals surface area contributed by atoms with Gasteiger partial charge >= 0.3 is 0 Å². The van der Waals surface area contributed by atoms with Crippen molar-refractivity contribution < 1.29 is 9.72 Å². The number of aromatic nitrogens is 1. The Bertz CT molecular complexity index is 912. The number of nitrogens with zero attached hydrogens (tertiary/aromatic N) is 4. The van der Waals surface area contributed by atoms with E-state index in [9.17, 15) is 19.7 Å². The Morgan fingerprint density at radius 3 is 2.64 bits per heavy atom. The number of rotatable bonds is 6. The molecule has 0 radical (unpaired) electrons. The van der Waals surface area contributed by atoms with Gasteiger partial charge in [0.25, 0.3) is 11.2 Å². The number of para-hydroxylation sites is 1. The van der Waals surface area contributed by atoms with Gasteiger partial charge in [-0.15, -0.1) is 6.58 Å². The number of amides is 1.